The van der Waals surface area contributed by atoms with Crippen molar-refractivity contribution in [2.75, 3.05) is 32.9 Å². The summed E-state index contributed by atoms with van der Waals surface area (Å²) >= 11 is 0. The number of nitrogens with zero attached hydrogens (tertiary/aromatic N) is 2. The highest BCUT2D eigenvalue weighted by Gasteiger charge is 2.21. The molecule has 1 saturated heterocycles. The van der Waals surface area contributed by atoms with Crippen LogP contribution in [0, 0.1) is 0 Å². The topological polar surface area (TPSA) is 53.0 Å². The molecule has 0 bridgehead atoms. The molecule has 0 atom stereocenters. The molecule has 0 aliphatic carbocycles. The molecule has 1 rings (SSSR count). The van der Waals surface area contributed by atoms with Crippen LogP contribution >= 0.6 is 0 Å². The molecule has 1 N–H and O–H groups in total. The first kappa shape index (κ1) is 11.3. The molecule has 1 fully saturated rings. The average molecular weight is 202 g/mol. The van der Waals surface area contributed by atoms with E-state index in [-0.39, 0.29) is 18.9 Å². The second-order valence-corrected chi connectivity index (χ2v) is 3.68. The van der Waals surface area contributed by atoms with Crippen molar-refractivity contribution >= 4 is 6.09 Å². The third-order valence-corrected chi connectivity index (χ3v) is 2.17. The molecule has 5 nitrogen and oxygen atoms in total. The summed E-state index contributed by atoms with van der Waals surface area (Å²) in [5, 5.41) is 8.85. The maximum absolute atomic E-state index is 11.4. The summed E-state index contributed by atoms with van der Waals surface area (Å²) in [6.45, 7) is 6.42. The van der Waals surface area contributed by atoms with E-state index in [0.29, 0.717) is 26.2 Å². The Kier molecular flexibility index (Phi) is 4.16. The Balaban J connectivity index is 2.30. The van der Waals surface area contributed by atoms with E-state index in [9.17, 15) is 4.79 Å². The van der Waals surface area contributed by atoms with E-state index in [0.717, 1.165) is 0 Å². The van der Waals surface area contributed by atoms with Crippen molar-refractivity contribution in [1.82, 2.24) is 9.80 Å². The minimum absolute atomic E-state index is 0.0626. The van der Waals surface area contributed by atoms with Gasteiger partial charge in [0, 0.05) is 26.2 Å². The fourth-order valence-electron chi connectivity index (χ4n) is 1.35. The molecule has 14 heavy (non-hydrogen) atoms. The third kappa shape index (κ3) is 3.16. The maximum Gasteiger partial charge on any atom is 0.410 e. The Morgan fingerprint density at radius 2 is 1.93 bits per heavy atom. The largest absolute Gasteiger partial charge is 0.447 e. The van der Waals surface area contributed by atoms with E-state index in [4.69, 9.17) is 9.84 Å². The first-order chi connectivity index (χ1) is 6.63. The summed E-state index contributed by atoms with van der Waals surface area (Å²) in [5.41, 5.74) is 0. The zero-order valence-corrected chi connectivity index (χ0v) is 8.77. The van der Waals surface area contributed by atoms with Gasteiger partial charge in [0.1, 0.15) is 0 Å². The van der Waals surface area contributed by atoms with E-state index >= 15 is 0 Å². The molecule has 82 valence electrons. The van der Waals surface area contributed by atoms with Gasteiger partial charge in [-0.25, -0.2) is 4.79 Å². The van der Waals surface area contributed by atoms with Gasteiger partial charge >= 0.3 is 6.09 Å². The fourth-order valence-corrected chi connectivity index (χ4v) is 1.35. The van der Waals surface area contributed by atoms with Crippen LogP contribution in [-0.4, -0.2) is 60.0 Å². The number of rotatable bonds is 2. The van der Waals surface area contributed by atoms with Crippen molar-refractivity contribution in [3.05, 3.63) is 0 Å². The number of hydrogen-bond acceptors (Lipinski definition) is 4. The van der Waals surface area contributed by atoms with Gasteiger partial charge in [0.15, 0.2) is 0 Å². The highest BCUT2D eigenvalue weighted by Crippen LogP contribution is 2.04. The Bertz CT molecular complexity index is 188. The lowest BCUT2D eigenvalue weighted by molar-refractivity contribution is 0.0327. The van der Waals surface area contributed by atoms with Crippen molar-refractivity contribution in [3.8, 4) is 0 Å². The average Bonchev–Trinajstić information content (AvgIpc) is 2.17. The zero-order valence-electron chi connectivity index (χ0n) is 8.77. The molecule has 0 aromatic heterocycles. The summed E-state index contributed by atoms with van der Waals surface area (Å²) in [7, 11) is 0. The normalized spacial score (nSPS) is 18.7. The minimum atomic E-state index is -0.252. The summed E-state index contributed by atoms with van der Waals surface area (Å²) in [5.74, 6) is 0. The van der Waals surface area contributed by atoms with Gasteiger partial charge < -0.3 is 14.7 Å². The van der Waals surface area contributed by atoms with Crippen LogP contribution in [0.1, 0.15) is 13.8 Å². The molecule has 0 unspecified atom stereocenters. The number of aliphatic hydroxyl groups excluding tert-OH is 1. The predicted molar refractivity (Wildman–Crippen MR) is 51.8 cm³/mol. The molecule has 1 amide bonds. The molecule has 0 radical (unpaired) electrons. The highest BCUT2D eigenvalue weighted by molar-refractivity contribution is 5.67. The second-order valence-electron chi connectivity index (χ2n) is 3.68. The van der Waals surface area contributed by atoms with Crippen LogP contribution in [-0.2, 0) is 4.74 Å². The van der Waals surface area contributed by atoms with Gasteiger partial charge in [0.05, 0.1) is 12.8 Å². The summed E-state index contributed by atoms with van der Waals surface area (Å²) in [6.07, 6.45) is -0.323. The SMILES string of the molecule is CC(C)OC(=O)N1CCN(CO)CC1. The van der Waals surface area contributed by atoms with Crippen molar-refractivity contribution in [1.29, 1.82) is 0 Å². The number of carbonyl (C=O) groups is 1. The standard InChI is InChI=1S/C9H18N2O3/c1-8(2)14-9(13)11-5-3-10(7-12)4-6-11/h8,12H,3-7H2,1-2H3. The molecular weight excluding hydrogens is 184 g/mol. The Morgan fingerprint density at radius 3 is 2.36 bits per heavy atom. The van der Waals surface area contributed by atoms with E-state index < -0.39 is 0 Å². The van der Waals surface area contributed by atoms with Crippen LogP contribution in [0.5, 0.6) is 0 Å². The molecule has 0 spiro atoms. The van der Waals surface area contributed by atoms with Gasteiger partial charge in [-0.15, -0.1) is 0 Å². The van der Waals surface area contributed by atoms with Crippen molar-refractivity contribution in [3.63, 3.8) is 0 Å². The number of aliphatic hydroxyl groups is 1. The fraction of sp³-hybridized carbons (Fsp3) is 0.889. The van der Waals surface area contributed by atoms with Crippen molar-refractivity contribution in [2.24, 2.45) is 0 Å². The number of amides is 1. The van der Waals surface area contributed by atoms with Gasteiger partial charge in [-0.3, -0.25) is 4.90 Å². The molecule has 0 aromatic rings. The molecule has 0 saturated carbocycles. The molecule has 5 heteroatoms. The van der Waals surface area contributed by atoms with Crippen molar-refractivity contribution in [2.45, 2.75) is 20.0 Å². The van der Waals surface area contributed by atoms with Gasteiger partial charge in [-0.05, 0) is 13.8 Å². The van der Waals surface area contributed by atoms with Gasteiger partial charge in [0.2, 0.25) is 0 Å². The number of hydrogen-bond donors (Lipinski definition) is 1. The van der Waals surface area contributed by atoms with E-state index in [1.165, 1.54) is 0 Å². The van der Waals surface area contributed by atoms with Crippen LogP contribution in [0.25, 0.3) is 0 Å². The molecular formula is C9H18N2O3. The van der Waals surface area contributed by atoms with Crippen LogP contribution in [0.15, 0.2) is 0 Å². The monoisotopic (exact) mass is 202 g/mol. The minimum Gasteiger partial charge on any atom is -0.447 e. The quantitative estimate of drug-likeness (QED) is 0.690. The van der Waals surface area contributed by atoms with Crippen LogP contribution in [0.4, 0.5) is 4.79 Å². The summed E-state index contributed by atoms with van der Waals surface area (Å²) in [6, 6.07) is 0. The molecule has 1 heterocycles. The van der Waals surface area contributed by atoms with Crippen LogP contribution in [0.2, 0.25) is 0 Å². The first-order valence-electron chi connectivity index (χ1n) is 4.92. The van der Waals surface area contributed by atoms with Gasteiger partial charge in [-0.1, -0.05) is 0 Å². The van der Waals surface area contributed by atoms with Crippen LogP contribution < -0.4 is 0 Å². The molecule has 1 aliphatic rings. The smallest absolute Gasteiger partial charge is 0.410 e. The zero-order chi connectivity index (χ0) is 10.6. The second kappa shape index (κ2) is 5.17. The van der Waals surface area contributed by atoms with E-state index in [1.807, 2.05) is 18.7 Å². The van der Waals surface area contributed by atoms with E-state index in [2.05, 4.69) is 0 Å². The van der Waals surface area contributed by atoms with Gasteiger partial charge in [0.25, 0.3) is 0 Å². The Hall–Kier alpha value is -0.810. The Morgan fingerprint density at radius 1 is 1.36 bits per heavy atom. The lowest BCUT2D eigenvalue weighted by Crippen LogP contribution is -2.49. The summed E-state index contributed by atoms with van der Waals surface area (Å²) in [4.78, 5) is 15.0. The lowest BCUT2D eigenvalue weighted by Gasteiger charge is -2.33. The summed E-state index contributed by atoms with van der Waals surface area (Å²) < 4.78 is 5.06. The maximum atomic E-state index is 11.4. The van der Waals surface area contributed by atoms with Gasteiger partial charge in [-0.2, -0.15) is 0 Å². The number of carbonyl (C=O) groups excluding carboxylic acids is 1. The van der Waals surface area contributed by atoms with Crippen molar-refractivity contribution < 1.29 is 14.6 Å². The number of piperazine rings is 1. The Labute approximate surface area is 84.2 Å². The molecule has 1 aliphatic heterocycles. The number of ether oxygens (including phenoxy) is 1. The van der Waals surface area contributed by atoms with Crippen LogP contribution in [0.3, 0.4) is 0 Å². The third-order valence-electron chi connectivity index (χ3n) is 2.17. The predicted octanol–water partition coefficient (Wildman–Crippen LogP) is 0.0988. The van der Waals surface area contributed by atoms with E-state index in [1.54, 1.807) is 4.90 Å². The lowest BCUT2D eigenvalue weighted by atomic mass is 10.3. The first-order valence-corrected chi connectivity index (χ1v) is 4.92. The highest BCUT2D eigenvalue weighted by atomic mass is 16.6. The molecule has 0 aromatic carbocycles.